The van der Waals surface area contributed by atoms with Crippen molar-refractivity contribution in [2.45, 2.75) is 35.2 Å². The fourth-order valence-corrected chi connectivity index (χ4v) is 4.84. The Labute approximate surface area is 175 Å². The van der Waals surface area contributed by atoms with Gasteiger partial charge in [-0.2, -0.15) is 13.2 Å². The molecule has 0 fully saturated rings. The zero-order valence-corrected chi connectivity index (χ0v) is 16.6. The Morgan fingerprint density at radius 1 is 0.933 bits per heavy atom. The Hall–Kier alpha value is -2.93. The summed E-state index contributed by atoms with van der Waals surface area (Å²) in [5.74, 6) is -1.32. The van der Waals surface area contributed by atoms with E-state index in [1.54, 1.807) is 24.3 Å². The van der Waals surface area contributed by atoms with Crippen LogP contribution >= 0.6 is 11.8 Å². The van der Waals surface area contributed by atoms with E-state index in [0.717, 1.165) is 22.6 Å². The van der Waals surface area contributed by atoms with Crippen LogP contribution in [0.25, 0.3) is 11.1 Å². The van der Waals surface area contributed by atoms with Crippen molar-refractivity contribution >= 4 is 17.5 Å². The van der Waals surface area contributed by atoms with E-state index in [0.29, 0.717) is 28.0 Å². The topological polar surface area (TPSA) is 57.5 Å². The predicted molar refractivity (Wildman–Crippen MR) is 108 cm³/mol. The number of ketones is 1. The van der Waals surface area contributed by atoms with Crippen molar-refractivity contribution in [3.63, 3.8) is 0 Å². The van der Waals surface area contributed by atoms with Crippen LogP contribution in [0.5, 0.6) is 11.5 Å². The standard InChI is InChI=1S/C23H17F3O3S/c1-2-15-16-7-6-13(12-4-3-5-14(8-12)23(24,25)26)9-20(16)30-21-11-19(28)18(27)10-17(21)22(15)29/h3-11,15,27-28H,2H2,1H3. The number of aromatic hydroxyl groups is 2. The first kappa shape index (κ1) is 20.3. The molecule has 2 N–H and O–H groups in total. The number of Topliss-reactive ketones (excluding diaryl/α,β-unsaturated/α-hetero) is 1. The van der Waals surface area contributed by atoms with Crippen molar-refractivity contribution in [2.24, 2.45) is 0 Å². The molecule has 1 aliphatic heterocycles. The highest BCUT2D eigenvalue weighted by atomic mass is 32.2. The Bertz CT molecular complexity index is 1150. The summed E-state index contributed by atoms with van der Waals surface area (Å²) in [5.41, 5.74) is 1.39. The van der Waals surface area contributed by atoms with Gasteiger partial charge in [0.2, 0.25) is 0 Å². The summed E-state index contributed by atoms with van der Waals surface area (Å²) in [6.07, 6.45) is -3.91. The zero-order chi connectivity index (χ0) is 21.6. The molecule has 0 saturated carbocycles. The third-order valence-electron chi connectivity index (χ3n) is 5.20. The maximum atomic E-state index is 13.1. The van der Waals surface area contributed by atoms with E-state index < -0.39 is 17.7 Å². The molecule has 0 saturated heterocycles. The molecule has 0 aromatic heterocycles. The highest BCUT2D eigenvalue weighted by Gasteiger charge is 2.32. The molecule has 1 aliphatic rings. The number of hydrogen-bond acceptors (Lipinski definition) is 4. The molecule has 1 unspecified atom stereocenters. The number of rotatable bonds is 2. The lowest BCUT2D eigenvalue weighted by Crippen LogP contribution is -2.12. The molecule has 0 radical (unpaired) electrons. The molecule has 1 atom stereocenters. The Balaban J connectivity index is 1.85. The molecule has 0 bridgehead atoms. The third-order valence-corrected chi connectivity index (χ3v) is 6.33. The van der Waals surface area contributed by atoms with Gasteiger partial charge in [-0.25, -0.2) is 0 Å². The quantitative estimate of drug-likeness (QED) is 0.448. The second kappa shape index (κ2) is 7.40. The molecule has 1 heterocycles. The SMILES string of the molecule is CCC1C(=O)c2cc(O)c(O)cc2Sc2cc(-c3cccc(C(F)(F)F)c3)ccc21. The molecular weight excluding hydrogens is 413 g/mol. The number of halogens is 3. The van der Waals surface area contributed by atoms with E-state index in [9.17, 15) is 28.2 Å². The molecule has 3 nitrogen and oxygen atoms in total. The largest absolute Gasteiger partial charge is 0.504 e. The van der Waals surface area contributed by atoms with Crippen LogP contribution in [0.4, 0.5) is 13.2 Å². The van der Waals surface area contributed by atoms with Crippen molar-refractivity contribution in [3.05, 3.63) is 71.3 Å². The highest BCUT2D eigenvalue weighted by molar-refractivity contribution is 7.99. The number of phenols is 2. The Morgan fingerprint density at radius 3 is 2.33 bits per heavy atom. The number of fused-ring (bicyclic) bond motifs is 2. The molecule has 4 rings (SSSR count). The van der Waals surface area contributed by atoms with Crippen LogP contribution in [0.2, 0.25) is 0 Å². The van der Waals surface area contributed by atoms with Crippen LogP contribution < -0.4 is 0 Å². The fourth-order valence-electron chi connectivity index (χ4n) is 3.65. The normalized spacial score (nSPS) is 16.0. The van der Waals surface area contributed by atoms with Gasteiger partial charge in [-0.15, -0.1) is 0 Å². The predicted octanol–water partition coefficient (Wildman–Crippen LogP) is 6.62. The number of benzene rings is 3. The maximum Gasteiger partial charge on any atom is 0.416 e. The van der Waals surface area contributed by atoms with Gasteiger partial charge in [0.1, 0.15) is 0 Å². The second-order valence-corrected chi connectivity index (χ2v) is 8.18. The van der Waals surface area contributed by atoms with Gasteiger partial charge < -0.3 is 10.2 Å². The van der Waals surface area contributed by atoms with E-state index >= 15 is 0 Å². The summed E-state index contributed by atoms with van der Waals surface area (Å²) in [6.45, 7) is 1.88. The minimum absolute atomic E-state index is 0.166. The second-order valence-electron chi connectivity index (χ2n) is 7.10. The number of hydrogen-bond donors (Lipinski definition) is 2. The molecule has 3 aromatic carbocycles. The van der Waals surface area contributed by atoms with E-state index in [-0.39, 0.29) is 17.3 Å². The van der Waals surface area contributed by atoms with Crippen molar-refractivity contribution in [1.29, 1.82) is 0 Å². The van der Waals surface area contributed by atoms with E-state index in [4.69, 9.17) is 0 Å². The Morgan fingerprint density at radius 2 is 1.63 bits per heavy atom. The number of phenolic OH excluding ortho intramolecular Hbond substituents is 2. The summed E-state index contributed by atoms with van der Waals surface area (Å²) in [6, 6.07) is 13.0. The molecule has 30 heavy (non-hydrogen) atoms. The van der Waals surface area contributed by atoms with Gasteiger partial charge >= 0.3 is 6.18 Å². The van der Waals surface area contributed by atoms with E-state index in [1.165, 1.54) is 30.0 Å². The number of carbonyl (C=O) groups is 1. The summed E-state index contributed by atoms with van der Waals surface area (Å²) >= 11 is 1.25. The summed E-state index contributed by atoms with van der Waals surface area (Å²) in [5, 5.41) is 19.7. The first-order valence-corrected chi connectivity index (χ1v) is 10.1. The first-order valence-electron chi connectivity index (χ1n) is 9.28. The number of carbonyl (C=O) groups excluding carboxylic acids is 1. The highest BCUT2D eigenvalue weighted by Crippen LogP contribution is 2.46. The first-order chi connectivity index (χ1) is 14.2. The zero-order valence-electron chi connectivity index (χ0n) is 15.8. The smallest absolute Gasteiger partial charge is 0.416 e. The Kier molecular flexibility index (Phi) is 5.02. The number of alkyl halides is 3. The van der Waals surface area contributed by atoms with Gasteiger partial charge in [0.15, 0.2) is 17.3 Å². The minimum atomic E-state index is -4.44. The van der Waals surface area contributed by atoms with Gasteiger partial charge in [-0.3, -0.25) is 4.79 Å². The summed E-state index contributed by atoms with van der Waals surface area (Å²) in [7, 11) is 0. The summed E-state index contributed by atoms with van der Waals surface area (Å²) in [4.78, 5) is 14.3. The lowest BCUT2D eigenvalue weighted by molar-refractivity contribution is -0.137. The van der Waals surface area contributed by atoms with Crippen molar-refractivity contribution in [3.8, 4) is 22.6 Å². The monoisotopic (exact) mass is 430 g/mol. The van der Waals surface area contributed by atoms with Crippen molar-refractivity contribution < 1.29 is 28.2 Å². The van der Waals surface area contributed by atoms with Crippen LogP contribution in [0.15, 0.2) is 64.4 Å². The van der Waals surface area contributed by atoms with Gasteiger partial charge in [-0.05, 0) is 53.4 Å². The van der Waals surface area contributed by atoms with Gasteiger partial charge in [0.25, 0.3) is 0 Å². The van der Waals surface area contributed by atoms with Gasteiger partial charge in [-0.1, -0.05) is 43.0 Å². The molecule has 0 amide bonds. The maximum absolute atomic E-state index is 13.1. The van der Waals surface area contributed by atoms with Crippen LogP contribution in [-0.2, 0) is 6.18 Å². The fraction of sp³-hybridized carbons (Fsp3) is 0.174. The van der Waals surface area contributed by atoms with E-state index in [1.807, 2.05) is 6.92 Å². The molecular formula is C23H17F3O3S. The van der Waals surface area contributed by atoms with Gasteiger partial charge in [0.05, 0.1) is 5.56 Å². The lowest BCUT2D eigenvalue weighted by Gasteiger charge is -2.16. The molecule has 0 spiro atoms. The average molecular weight is 430 g/mol. The molecule has 154 valence electrons. The van der Waals surface area contributed by atoms with Crippen LogP contribution in [-0.4, -0.2) is 16.0 Å². The van der Waals surface area contributed by atoms with Crippen molar-refractivity contribution in [2.75, 3.05) is 0 Å². The molecule has 3 aromatic rings. The molecule has 0 aliphatic carbocycles. The van der Waals surface area contributed by atoms with E-state index in [2.05, 4.69) is 0 Å². The third kappa shape index (κ3) is 3.54. The average Bonchev–Trinajstić information content (AvgIpc) is 2.81. The van der Waals surface area contributed by atoms with Crippen LogP contribution in [0, 0.1) is 0 Å². The van der Waals surface area contributed by atoms with Gasteiger partial charge in [0, 0.05) is 21.3 Å². The lowest BCUT2D eigenvalue weighted by atomic mass is 9.87. The summed E-state index contributed by atoms with van der Waals surface area (Å²) < 4.78 is 39.3. The minimum Gasteiger partial charge on any atom is -0.504 e. The van der Waals surface area contributed by atoms with Crippen LogP contribution in [0.1, 0.15) is 40.7 Å². The van der Waals surface area contributed by atoms with Crippen molar-refractivity contribution in [1.82, 2.24) is 0 Å². The molecule has 7 heteroatoms. The van der Waals surface area contributed by atoms with Crippen LogP contribution in [0.3, 0.4) is 0 Å².